The molecule has 0 bridgehead atoms. The number of pyridine rings is 1. The van der Waals surface area contributed by atoms with E-state index in [-0.39, 0.29) is 5.43 Å². The third-order valence-electron chi connectivity index (χ3n) is 2.89. The number of rotatable bonds is 1. The van der Waals surface area contributed by atoms with Gasteiger partial charge in [0.15, 0.2) is 11.1 Å². The van der Waals surface area contributed by atoms with Crippen molar-refractivity contribution < 1.29 is 4.42 Å². The van der Waals surface area contributed by atoms with E-state index in [1.807, 2.05) is 30.3 Å². The molecule has 0 amide bonds. The van der Waals surface area contributed by atoms with Crippen LogP contribution in [0.15, 0.2) is 57.9 Å². The number of nitrogens with zero attached hydrogens (tertiary/aromatic N) is 1. The molecular weight excluding hydrogens is 226 g/mol. The molecule has 0 aliphatic rings. The fourth-order valence-electron chi connectivity index (χ4n) is 2.08. The molecule has 3 heteroatoms. The highest BCUT2D eigenvalue weighted by Gasteiger charge is 2.13. The SMILES string of the molecule is Cc1oc2cccnc2c(=O)c1-c1ccccc1. The smallest absolute Gasteiger partial charge is 0.219 e. The van der Waals surface area contributed by atoms with E-state index in [4.69, 9.17) is 4.42 Å². The maximum atomic E-state index is 12.4. The molecule has 3 rings (SSSR count). The zero-order chi connectivity index (χ0) is 12.5. The second-order valence-electron chi connectivity index (χ2n) is 4.08. The van der Waals surface area contributed by atoms with Crippen molar-refractivity contribution >= 4 is 11.1 Å². The first kappa shape index (κ1) is 10.7. The molecule has 2 aromatic heterocycles. The van der Waals surface area contributed by atoms with Crippen LogP contribution >= 0.6 is 0 Å². The molecule has 3 nitrogen and oxygen atoms in total. The number of hydrogen-bond donors (Lipinski definition) is 0. The van der Waals surface area contributed by atoms with Crippen molar-refractivity contribution in [1.29, 1.82) is 0 Å². The number of fused-ring (bicyclic) bond motifs is 1. The molecule has 88 valence electrons. The molecule has 0 radical (unpaired) electrons. The van der Waals surface area contributed by atoms with Gasteiger partial charge in [-0.05, 0) is 24.6 Å². The first-order valence-electron chi connectivity index (χ1n) is 5.71. The topological polar surface area (TPSA) is 43.1 Å². The van der Waals surface area contributed by atoms with Gasteiger partial charge in [0.05, 0.1) is 5.56 Å². The van der Waals surface area contributed by atoms with Gasteiger partial charge in [0.2, 0.25) is 5.43 Å². The summed E-state index contributed by atoms with van der Waals surface area (Å²) >= 11 is 0. The molecule has 0 fully saturated rings. The van der Waals surface area contributed by atoms with Gasteiger partial charge in [0.1, 0.15) is 5.76 Å². The summed E-state index contributed by atoms with van der Waals surface area (Å²) in [6.45, 7) is 1.80. The fraction of sp³-hybridized carbons (Fsp3) is 0.0667. The van der Waals surface area contributed by atoms with E-state index in [1.165, 1.54) is 0 Å². The summed E-state index contributed by atoms with van der Waals surface area (Å²) in [5, 5.41) is 0. The maximum Gasteiger partial charge on any atom is 0.219 e. The molecule has 0 saturated heterocycles. The normalized spacial score (nSPS) is 10.7. The van der Waals surface area contributed by atoms with Crippen LogP contribution in [0.2, 0.25) is 0 Å². The average Bonchev–Trinajstić information content (AvgIpc) is 2.40. The maximum absolute atomic E-state index is 12.4. The van der Waals surface area contributed by atoms with Crippen molar-refractivity contribution in [3.63, 3.8) is 0 Å². The Balaban J connectivity index is 2.41. The highest BCUT2D eigenvalue weighted by molar-refractivity contribution is 5.79. The Morgan fingerprint density at radius 2 is 1.83 bits per heavy atom. The summed E-state index contributed by atoms with van der Waals surface area (Å²) in [5.74, 6) is 0.617. The third kappa shape index (κ3) is 1.61. The van der Waals surface area contributed by atoms with Gasteiger partial charge in [-0.25, -0.2) is 4.98 Å². The van der Waals surface area contributed by atoms with Gasteiger partial charge in [-0.15, -0.1) is 0 Å². The van der Waals surface area contributed by atoms with E-state index >= 15 is 0 Å². The quantitative estimate of drug-likeness (QED) is 0.653. The van der Waals surface area contributed by atoms with Crippen LogP contribution in [0.1, 0.15) is 5.76 Å². The number of hydrogen-bond acceptors (Lipinski definition) is 3. The largest absolute Gasteiger partial charge is 0.459 e. The van der Waals surface area contributed by atoms with Crippen LogP contribution in [0.5, 0.6) is 0 Å². The van der Waals surface area contributed by atoms with E-state index in [2.05, 4.69) is 4.98 Å². The Morgan fingerprint density at radius 1 is 1.06 bits per heavy atom. The summed E-state index contributed by atoms with van der Waals surface area (Å²) in [6, 6.07) is 13.0. The molecule has 0 saturated carbocycles. The fourth-order valence-corrected chi connectivity index (χ4v) is 2.08. The number of benzene rings is 1. The minimum absolute atomic E-state index is 0.0828. The molecule has 0 spiro atoms. The van der Waals surface area contributed by atoms with Crippen LogP contribution in [-0.2, 0) is 0 Å². The van der Waals surface area contributed by atoms with Gasteiger partial charge in [-0.2, -0.15) is 0 Å². The van der Waals surface area contributed by atoms with Crippen LogP contribution < -0.4 is 5.43 Å². The second kappa shape index (κ2) is 4.11. The predicted octanol–water partition coefficient (Wildman–Crippen LogP) is 3.16. The van der Waals surface area contributed by atoms with Gasteiger partial charge in [-0.1, -0.05) is 30.3 Å². The minimum Gasteiger partial charge on any atom is -0.459 e. The zero-order valence-corrected chi connectivity index (χ0v) is 9.88. The van der Waals surface area contributed by atoms with Crippen molar-refractivity contribution in [1.82, 2.24) is 4.98 Å². The Bertz CT molecular complexity index is 760. The minimum atomic E-state index is -0.0828. The Morgan fingerprint density at radius 3 is 2.61 bits per heavy atom. The van der Waals surface area contributed by atoms with Crippen molar-refractivity contribution in [3.8, 4) is 11.1 Å². The lowest BCUT2D eigenvalue weighted by Gasteiger charge is -2.05. The molecule has 0 N–H and O–H groups in total. The molecule has 2 heterocycles. The summed E-state index contributed by atoms with van der Waals surface area (Å²) in [4.78, 5) is 16.5. The first-order valence-corrected chi connectivity index (χ1v) is 5.71. The Labute approximate surface area is 104 Å². The van der Waals surface area contributed by atoms with Gasteiger partial charge < -0.3 is 4.42 Å². The van der Waals surface area contributed by atoms with Gasteiger partial charge in [0.25, 0.3) is 0 Å². The molecule has 3 aromatic rings. The van der Waals surface area contributed by atoms with Crippen molar-refractivity contribution in [2.24, 2.45) is 0 Å². The Kier molecular flexibility index (Phi) is 2.45. The predicted molar refractivity (Wildman–Crippen MR) is 70.5 cm³/mol. The third-order valence-corrected chi connectivity index (χ3v) is 2.89. The molecule has 0 atom stereocenters. The monoisotopic (exact) mass is 237 g/mol. The molecule has 1 aromatic carbocycles. The molecule has 0 unspecified atom stereocenters. The molecule has 0 aliphatic carbocycles. The summed E-state index contributed by atoms with van der Waals surface area (Å²) in [6.07, 6.45) is 1.60. The summed E-state index contributed by atoms with van der Waals surface area (Å²) in [7, 11) is 0. The van der Waals surface area contributed by atoms with Crippen LogP contribution in [0.25, 0.3) is 22.2 Å². The lowest BCUT2D eigenvalue weighted by atomic mass is 10.0. The van der Waals surface area contributed by atoms with Gasteiger partial charge in [-0.3, -0.25) is 4.79 Å². The first-order chi connectivity index (χ1) is 8.77. The average molecular weight is 237 g/mol. The summed E-state index contributed by atoms with van der Waals surface area (Å²) in [5.41, 5.74) is 2.26. The lowest BCUT2D eigenvalue weighted by molar-refractivity contribution is 0.566. The van der Waals surface area contributed by atoms with Crippen LogP contribution in [0.3, 0.4) is 0 Å². The van der Waals surface area contributed by atoms with Gasteiger partial charge in [0, 0.05) is 6.20 Å². The second-order valence-corrected chi connectivity index (χ2v) is 4.08. The number of aryl methyl sites for hydroxylation is 1. The van der Waals surface area contributed by atoms with Crippen LogP contribution in [-0.4, -0.2) is 4.98 Å². The molecule has 18 heavy (non-hydrogen) atoms. The van der Waals surface area contributed by atoms with Crippen molar-refractivity contribution in [3.05, 3.63) is 64.6 Å². The summed E-state index contributed by atoms with van der Waals surface area (Å²) < 4.78 is 5.67. The van der Waals surface area contributed by atoms with E-state index in [9.17, 15) is 4.79 Å². The highest BCUT2D eigenvalue weighted by atomic mass is 16.3. The molecular formula is C15H11NO2. The van der Waals surface area contributed by atoms with E-state index < -0.39 is 0 Å². The number of aromatic nitrogens is 1. The van der Waals surface area contributed by atoms with E-state index in [0.29, 0.717) is 22.4 Å². The zero-order valence-electron chi connectivity index (χ0n) is 9.88. The van der Waals surface area contributed by atoms with Crippen molar-refractivity contribution in [2.45, 2.75) is 6.92 Å². The van der Waals surface area contributed by atoms with Crippen LogP contribution in [0, 0.1) is 6.92 Å². The van der Waals surface area contributed by atoms with E-state index in [0.717, 1.165) is 5.56 Å². The molecule has 0 aliphatic heterocycles. The van der Waals surface area contributed by atoms with E-state index in [1.54, 1.807) is 25.3 Å². The van der Waals surface area contributed by atoms with Crippen molar-refractivity contribution in [2.75, 3.05) is 0 Å². The van der Waals surface area contributed by atoms with Crippen LogP contribution in [0.4, 0.5) is 0 Å². The van der Waals surface area contributed by atoms with Gasteiger partial charge >= 0.3 is 0 Å². The highest BCUT2D eigenvalue weighted by Crippen LogP contribution is 2.22. The lowest BCUT2D eigenvalue weighted by Crippen LogP contribution is -2.08. The standard InChI is InChI=1S/C15H11NO2/c1-10-13(11-6-3-2-4-7-11)15(17)14-12(18-10)8-5-9-16-14/h2-9H,1H3. The Hall–Kier alpha value is -2.42.